The van der Waals surface area contributed by atoms with Crippen LogP contribution in [0, 0.1) is 0 Å². The minimum absolute atomic E-state index is 0.0890. The minimum atomic E-state index is -0.754. The van der Waals surface area contributed by atoms with Gasteiger partial charge in [-0.3, -0.25) is 14.1 Å². The van der Waals surface area contributed by atoms with E-state index in [4.69, 9.17) is 21.3 Å². The van der Waals surface area contributed by atoms with Gasteiger partial charge in [-0.05, 0) is 36.5 Å². The molecule has 0 spiro atoms. The molecule has 1 aromatic carbocycles. The molecule has 8 nitrogen and oxygen atoms in total. The number of methoxy groups -OCH3 is 1. The number of nitrogens with one attached hydrogen (secondary N) is 1. The summed E-state index contributed by atoms with van der Waals surface area (Å²) in [5, 5.41) is 3.88. The summed E-state index contributed by atoms with van der Waals surface area (Å²) in [6.45, 7) is 6.32. The molecule has 0 amide bonds. The molecule has 4 aromatic rings. The fourth-order valence-electron chi connectivity index (χ4n) is 5.75. The largest absolute Gasteiger partial charge is 0.481 e. The summed E-state index contributed by atoms with van der Waals surface area (Å²) in [5.74, 6) is 1.42. The Hall–Kier alpha value is -3.33. The Labute approximate surface area is 227 Å². The molecule has 3 saturated heterocycles. The molecule has 3 aromatic heterocycles. The number of rotatable bonds is 7. The Morgan fingerprint density at radius 2 is 2.03 bits per heavy atom. The van der Waals surface area contributed by atoms with Crippen molar-refractivity contribution >= 4 is 23.2 Å². The van der Waals surface area contributed by atoms with Gasteiger partial charge in [0, 0.05) is 49.7 Å². The van der Waals surface area contributed by atoms with Crippen LogP contribution in [0.2, 0.25) is 5.02 Å². The first-order valence-corrected chi connectivity index (χ1v) is 13.4. The maximum absolute atomic E-state index is 13.9. The van der Waals surface area contributed by atoms with E-state index in [2.05, 4.69) is 62.7 Å². The second kappa shape index (κ2) is 9.76. The molecular weight excluding hydrogens is 500 g/mol. The van der Waals surface area contributed by atoms with Gasteiger partial charge in [-0.25, -0.2) is 15.0 Å². The van der Waals surface area contributed by atoms with Gasteiger partial charge in [0.1, 0.15) is 5.69 Å². The van der Waals surface area contributed by atoms with Gasteiger partial charge in [-0.2, -0.15) is 0 Å². The maximum Gasteiger partial charge on any atom is 0.234 e. The molecule has 0 aliphatic carbocycles. The van der Waals surface area contributed by atoms with Crippen molar-refractivity contribution in [1.29, 1.82) is 0 Å². The lowest BCUT2D eigenvalue weighted by Crippen LogP contribution is -2.71. The van der Waals surface area contributed by atoms with Gasteiger partial charge < -0.3 is 10.1 Å². The molecule has 3 aliphatic rings. The number of carbonyl (C=O) groups excluding carboxylic acids is 1. The number of halogens is 1. The molecule has 6 heterocycles. The van der Waals surface area contributed by atoms with Crippen LogP contribution < -0.4 is 10.1 Å². The van der Waals surface area contributed by atoms with Gasteiger partial charge in [-0.15, -0.1) is 0 Å². The quantitative estimate of drug-likeness (QED) is 0.345. The van der Waals surface area contributed by atoms with Crippen LogP contribution in [0.3, 0.4) is 0 Å². The molecule has 0 radical (unpaired) electrons. The van der Waals surface area contributed by atoms with Crippen LogP contribution >= 0.6 is 11.6 Å². The van der Waals surface area contributed by atoms with E-state index in [-0.39, 0.29) is 11.5 Å². The number of nitrogens with zero attached hydrogens (tertiary/aromatic N) is 5. The summed E-state index contributed by atoms with van der Waals surface area (Å²) >= 11 is 6.44. The first-order valence-electron chi connectivity index (χ1n) is 13.1. The number of pyridine rings is 1. The lowest BCUT2D eigenvalue weighted by molar-refractivity contribution is 0.0145. The van der Waals surface area contributed by atoms with Crippen molar-refractivity contribution in [3.63, 3.8) is 0 Å². The summed E-state index contributed by atoms with van der Waals surface area (Å²) in [4.78, 5) is 30.1. The molecule has 7 rings (SSSR count). The summed E-state index contributed by atoms with van der Waals surface area (Å²) in [6.07, 6.45) is 5.43. The maximum atomic E-state index is 13.9. The first kappa shape index (κ1) is 25.0. The monoisotopic (exact) mass is 530 g/mol. The standard InChI is InChI=1S/C29H31ClN6O2/c1-18(2)19-5-7-20(8-6-19)25-23(36-14-4-13-31-28(36)34-25)16-35-17-29(12-11-21(35)15-32-29)27(37)26-22(30)9-10-24(33-26)38-3/h4-10,13-14,18,21,32H,11-12,15-17H2,1-3H3. The van der Waals surface area contributed by atoms with Crippen molar-refractivity contribution in [3.05, 3.63) is 76.8 Å². The minimum Gasteiger partial charge on any atom is -0.481 e. The molecule has 196 valence electrons. The summed E-state index contributed by atoms with van der Waals surface area (Å²) in [7, 11) is 1.53. The second-order valence-corrected chi connectivity index (χ2v) is 11.0. The Kier molecular flexibility index (Phi) is 6.42. The number of benzene rings is 1. The van der Waals surface area contributed by atoms with Crippen LogP contribution in [0.1, 0.15) is 54.4 Å². The third-order valence-electron chi connectivity index (χ3n) is 7.96. The van der Waals surface area contributed by atoms with Gasteiger partial charge in [0.25, 0.3) is 0 Å². The predicted molar refractivity (Wildman–Crippen MR) is 147 cm³/mol. The van der Waals surface area contributed by atoms with Crippen LogP contribution in [0.15, 0.2) is 54.9 Å². The molecule has 1 N–H and O–H groups in total. The molecule has 2 bridgehead atoms. The second-order valence-electron chi connectivity index (χ2n) is 10.5. The highest BCUT2D eigenvalue weighted by molar-refractivity contribution is 6.34. The fraction of sp³-hybridized carbons (Fsp3) is 0.379. The van der Waals surface area contributed by atoms with Crippen molar-refractivity contribution in [1.82, 2.24) is 29.6 Å². The van der Waals surface area contributed by atoms with E-state index in [9.17, 15) is 4.79 Å². The average molecular weight is 531 g/mol. The average Bonchev–Trinajstić information content (AvgIpc) is 3.32. The third-order valence-corrected chi connectivity index (χ3v) is 8.26. The van der Waals surface area contributed by atoms with E-state index in [1.165, 1.54) is 12.7 Å². The Balaban J connectivity index is 1.35. The lowest BCUT2D eigenvalue weighted by atomic mass is 9.77. The van der Waals surface area contributed by atoms with Crippen molar-refractivity contribution in [2.24, 2.45) is 0 Å². The third kappa shape index (κ3) is 4.26. The number of piperidine rings is 2. The van der Waals surface area contributed by atoms with E-state index in [0.717, 1.165) is 36.3 Å². The normalized spacial score (nSPS) is 21.3. The molecule has 0 saturated carbocycles. The number of imidazole rings is 1. The number of carbonyl (C=O) groups is 1. The number of piperazine rings is 1. The Morgan fingerprint density at radius 1 is 1.21 bits per heavy atom. The van der Waals surface area contributed by atoms with Crippen LogP contribution in [0.5, 0.6) is 5.88 Å². The van der Waals surface area contributed by atoms with Gasteiger partial charge in [0.05, 0.1) is 29.1 Å². The number of hydrogen-bond donors (Lipinski definition) is 1. The molecular formula is C29H31ClN6O2. The van der Waals surface area contributed by atoms with Crippen LogP contribution in [-0.2, 0) is 6.54 Å². The van der Waals surface area contributed by atoms with Crippen molar-refractivity contribution in [2.75, 3.05) is 20.2 Å². The summed E-state index contributed by atoms with van der Waals surface area (Å²) in [6, 6.07) is 14.2. The first-order chi connectivity index (χ1) is 18.4. The van der Waals surface area contributed by atoms with E-state index >= 15 is 0 Å². The number of Topliss-reactive ketones (excluding diaryl/α,β-unsaturated/α-hetero) is 1. The molecule has 38 heavy (non-hydrogen) atoms. The smallest absolute Gasteiger partial charge is 0.234 e. The SMILES string of the molecule is COc1ccc(Cl)c(C(=O)C23CCC(CN2)N(Cc2c(-c4ccc(C(C)C)cc4)nc4ncccn24)C3)n1. The number of ketones is 1. The predicted octanol–water partition coefficient (Wildman–Crippen LogP) is 4.77. The molecule has 3 fully saturated rings. The zero-order valence-electron chi connectivity index (χ0n) is 21.8. The summed E-state index contributed by atoms with van der Waals surface area (Å²) in [5.41, 5.74) is 3.85. The molecule has 2 unspecified atom stereocenters. The molecule has 9 heteroatoms. The molecule has 3 aliphatic heterocycles. The lowest BCUT2D eigenvalue weighted by Gasteiger charge is -2.52. The highest BCUT2D eigenvalue weighted by Gasteiger charge is 2.50. The highest BCUT2D eigenvalue weighted by atomic mass is 35.5. The van der Waals surface area contributed by atoms with E-state index in [1.54, 1.807) is 18.3 Å². The highest BCUT2D eigenvalue weighted by Crippen LogP contribution is 2.37. The van der Waals surface area contributed by atoms with Gasteiger partial charge in [-0.1, -0.05) is 49.7 Å². The Bertz CT molecular complexity index is 1490. The van der Waals surface area contributed by atoms with Gasteiger partial charge >= 0.3 is 0 Å². The van der Waals surface area contributed by atoms with Crippen molar-refractivity contribution in [2.45, 2.75) is 50.7 Å². The van der Waals surface area contributed by atoms with Gasteiger partial charge in [0.15, 0.2) is 0 Å². The number of hydrogen-bond acceptors (Lipinski definition) is 7. The van der Waals surface area contributed by atoms with Crippen LogP contribution in [0.25, 0.3) is 17.0 Å². The Morgan fingerprint density at radius 3 is 2.74 bits per heavy atom. The zero-order chi connectivity index (χ0) is 26.4. The number of ether oxygens (including phenoxy) is 1. The van der Waals surface area contributed by atoms with E-state index in [0.29, 0.717) is 41.7 Å². The van der Waals surface area contributed by atoms with Crippen molar-refractivity contribution in [3.8, 4) is 17.1 Å². The zero-order valence-corrected chi connectivity index (χ0v) is 22.6. The number of aromatic nitrogens is 4. The van der Waals surface area contributed by atoms with Crippen LogP contribution in [-0.4, -0.2) is 61.8 Å². The van der Waals surface area contributed by atoms with Crippen molar-refractivity contribution < 1.29 is 9.53 Å². The number of fused-ring (bicyclic) bond motifs is 4. The topological polar surface area (TPSA) is 84.6 Å². The molecule has 2 atom stereocenters. The fourth-order valence-corrected chi connectivity index (χ4v) is 5.94. The van der Waals surface area contributed by atoms with Gasteiger partial charge in [0.2, 0.25) is 17.4 Å². The van der Waals surface area contributed by atoms with E-state index < -0.39 is 5.54 Å². The summed E-state index contributed by atoms with van der Waals surface area (Å²) < 4.78 is 7.33. The van der Waals surface area contributed by atoms with E-state index in [1.807, 2.05) is 12.3 Å². The van der Waals surface area contributed by atoms with Crippen LogP contribution in [0.4, 0.5) is 0 Å².